The van der Waals surface area contributed by atoms with Crippen LogP contribution in [-0.2, 0) is 16.0 Å². The summed E-state index contributed by atoms with van der Waals surface area (Å²) in [5.74, 6) is -1.56. The quantitative estimate of drug-likeness (QED) is 0.668. The van der Waals surface area contributed by atoms with E-state index in [1.54, 1.807) is 19.1 Å². The number of carbonyl (C=O) groups is 2. The van der Waals surface area contributed by atoms with Gasteiger partial charge in [-0.1, -0.05) is 31.2 Å². The first-order valence-corrected chi connectivity index (χ1v) is 9.02. The van der Waals surface area contributed by atoms with Gasteiger partial charge in [0.25, 0.3) is 5.91 Å². The summed E-state index contributed by atoms with van der Waals surface area (Å²) < 4.78 is 18.8. The molecule has 0 unspecified atom stereocenters. The SMILES string of the molecule is CCc1nc2ccccc2c(C)c1C(=O)OCC(=O)Nc1ccc(C)c(F)c1. The second kappa shape index (κ2) is 8.17. The van der Waals surface area contributed by atoms with E-state index in [2.05, 4.69) is 10.3 Å². The lowest BCUT2D eigenvalue weighted by atomic mass is 10.0. The summed E-state index contributed by atoms with van der Waals surface area (Å²) >= 11 is 0. The maximum absolute atomic E-state index is 13.6. The van der Waals surface area contributed by atoms with Crippen LogP contribution in [0.1, 0.15) is 34.1 Å². The predicted octanol–water partition coefficient (Wildman–Crippen LogP) is 4.35. The molecule has 2 aromatic carbocycles. The van der Waals surface area contributed by atoms with Gasteiger partial charge in [-0.2, -0.15) is 0 Å². The zero-order chi connectivity index (χ0) is 20.3. The summed E-state index contributed by atoms with van der Waals surface area (Å²) in [5.41, 5.74) is 3.39. The van der Waals surface area contributed by atoms with Crippen LogP contribution in [0.2, 0.25) is 0 Å². The zero-order valence-corrected chi connectivity index (χ0v) is 16.0. The summed E-state index contributed by atoms with van der Waals surface area (Å²) in [6.45, 7) is 4.92. The number of hydrogen-bond donors (Lipinski definition) is 1. The minimum atomic E-state index is -0.599. The van der Waals surface area contributed by atoms with Crippen LogP contribution in [0.3, 0.4) is 0 Å². The number of aryl methyl sites for hydroxylation is 3. The van der Waals surface area contributed by atoms with Crippen molar-refractivity contribution in [1.82, 2.24) is 4.98 Å². The van der Waals surface area contributed by atoms with Gasteiger partial charge in [0.2, 0.25) is 0 Å². The Kier molecular flexibility index (Phi) is 5.68. The Balaban J connectivity index is 1.75. The van der Waals surface area contributed by atoms with Gasteiger partial charge in [0.1, 0.15) is 5.82 Å². The molecule has 1 aromatic heterocycles. The lowest BCUT2D eigenvalue weighted by molar-refractivity contribution is -0.119. The van der Waals surface area contributed by atoms with Crippen molar-refractivity contribution in [2.75, 3.05) is 11.9 Å². The molecule has 0 aliphatic rings. The number of hydrogen-bond acceptors (Lipinski definition) is 4. The van der Waals surface area contributed by atoms with E-state index < -0.39 is 24.3 Å². The van der Waals surface area contributed by atoms with Gasteiger partial charge in [-0.15, -0.1) is 0 Å². The van der Waals surface area contributed by atoms with Gasteiger partial charge in [-0.3, -0.25) is 9.78 Å². The Morgan fingerprint density at radius 1 is 1.14 bits per heavy atom. The smallest absolute Gasteiger partial charge is 0.340 e. The van der Waals surface area contributed by atoms with Crippen LogP contribution < -0.4 is 5.32 Å². The molecule has 0 aliphatic carbocycles. The Hall–Kier alpha value is -3.28. The normalized spacial score (nSPS) is 10.7. The molecular formula is C22H21FN2O3. The van der Waals surface area contributed by atoms with Gasteiger partial charge < -0.3 is 10.1 Å². The van der Waals surface area contributed by atoms with Crippen molar-refractivity contribution < 1.29 is 18.7 Å². The van der Waals surface area contributed by atoms with Crippen LogP contribution in [0.25, 0.3) is 10.9 Å². The van der Waals surface area contributed by atoms with Crippen molar-refractivity contribution in [3.05, 3.63) is 70.7 Å². The highest BCUT2D eigenvalue weighted by atomic mass is 19.1. The fraction of sp³-hybridized carbons (Fsp3) is 0.227. The number of nitrogens with one attached hydrogen (secondary N) is 1. The zero-order valence-electron chi connectivity index (χ0n) is 16.0. The van der Waals surface area contributed by atoms with Crippen molar-refractivity contribution in [2.45, 2.75) is 27.2 Å². The Morgan fingerprint density at radius 3 is 2.61 bits per heavy atom. The number of benzene rings is 2. The number of rotatable bonds is 5. The van der Waals surface area contributed by atoms with Crippen LogP contribution in [0, 0.1) is 19.7 Å². The van der Waals surface area contributed by atoms with E-state index in [-0.39, 0.29) is 0 Å². The number of pyridine rings is 1. The van der Waals surface area contributed by atoms with E-state index in [1.807, 2.05) is 38.1 Å². The first-order chi connectivity index (χ1) is 13.4. The van der Waals surface area contributed by atoms with Crippen LogP contribution in [0.15, 0.2) is 42.5 Å². The molecule has 3 rings (SSSR count). The third-order valence-corrected chi connectivity index (χ3v) is 4.56. The Labute approximate surface area is 162 Å². The molecule has 0 spiro atoms. The first-order valence-electron chi connectivity index (χ1n) is 9.02. The molecule has 5 nitrogen and oxygen atoms in total. The lowest BCUT2D eigenvalue weighted by Crippen LogP contribution is -2.22. The molecule has 144 valence electrons. The van der Waals surface area contributed by atoms with Crippen LogP contribution in [0.4, 0.5) is 10.1 Å². The minimum absolute atomic E-state index is 0.307. The average molecular weight is 380 g/mol. The van der Waals surface area contributed by atoms with Gasteiger partial charge in [0.15, 0.2) is 6.61 Å². The number of para-hydroxylation sites is 1. The van der Waals surface area contributed by atoms with E-state index >= 15 is 0 Å². The van der Waals surface area contributed by atoms with Gasteiger partial charge in [-0.05, 0) is 49.6 Å². The number of ether oxygens (including phenoxy) is 1. The maximum atomic E-state index is 13.6. The monoisotopic (exact) mass is 380 g/mol. The van der Waals surface area contributed by atoms with E-state index in [1.165, 1.54) is 6.07 Å². The van der Waals surface area contributed by atoms with Gasteiger partial charge in [-0.25, -0.2) is 9.18 Å². The molecule has 0 fully saturated rings. The first kappa shape index (κ1) is 19.5. The fourth-order valence-electron chi connectivity index (χ4n) is 3.04. The van der Waals surface area contributed by atoms with Gasteiger partial charge in [0, 0.05) is 11.1 Å². The number of halogens is 1. The number of anilines is 1. The summed E-state index contributed by atoms with van der Waals surface area (Å²) in [6.07, 6.45) is 0.560. The topological polar surface area (TPSA) is 68.3 Å². The van der Waals surface area contributed by atoms with Crippen LogP contribution in [-0.4, -0.2) is 23.5 Å². The molecule has 6 heteroatoms. The Morgan fingerprint density at radius 2 is 1.89 bits per heavy atom. The minimum Gasteiger partial charge on any atom is -0.452 e. The van der Waals surface area contributed by atoms with Gasteiger partial charge in [0.05, 0.1) is 16.8 Å². The van der Waals surface area contributed by atoms with Crippen molar-refractivity contribution in [1.29, 1.82) is 0 Å². The molecule has 3 aromatic rings. The molecule has 1 heterocycles. The summed E-state index contributed by atoms with van der Waals surface area (Å²) in [4.78, 5) is 29.3. The standard InChI is InChI=1S/C22H21FN2O3/c1-4-18-21(14(3)16-7-5-6-8-19(16)25-18)22(27)28-12-20(26)24-15-10-9-13(2)17(23)11-15/h5-11H,4,12H2,1-3H3,(H,24,26). The molecule has 0 radical (unpaired) electrons. The number of aromatic nitrogens is 1. The Bertz CT molecular complexity index is 1060. The highest BCUT2D eigenvalue weighted by Gasteiger charge is 2.20. The van der Waals surface area contributed by atoms with E-state index in [9.17, 15) is 14.0 Å². The average Bonchev–Trinajstić information content (AvgIpc) is 2.69. The molecular weight excluding hydrogens is 359 g/mol. The molecule has 0 saturated heterocycles. The lowest BCUT2D eigenvalue weighted by Gasteiger charge is -2.13. The van der Waals surface area contributed by atoms with E-state index in [4.69, 9.17) is 4.74 Å². The van der Waals surface area contributed by atoms with Gasteiger partial charge >= 0.3 is 5.97 Å². The number of nitrogens with zero attached hydrogens (tertiary/aromatic N) is 1. The maximum Gasteiger partial charge on any atom is 0.340 e. The van der Waals surface area contributed by atoms with Crippen molar-refractivity contribution in [3.8, 4) is 0 Å². The van der Waals surface area contributed by atoms with Crippen molar-refractivity contribution in [2.24, 2.45) is 0 Å². The molecule has 28 heavy (non-hydrogen) atoms. The predicted molar refractivity (Wildman–Crippen MR) is 106 cm³/mol. The molecule has 0 aliphatic heterocycles. The van der Waals surface area contributed by atoms with Crippen molar-refractivity contribution in [3.63, 3.8) is 0 Å². The number of carbonyl (C=O) groups excluding carboxylic acids is 2. The molecule has 0 saturated carbocycles. The largest absolute Gasteiger partial charge is 0.452 e. The highest BCUT2D eigenvalue weighted by Crippen LogP contribution is 2.24. The molecule has 1 N–H and O–H groups in total. The number of esters is 1. The van der Waals surface area contributed by atoms with Crippen molar-refractivity contribution >= 4 is 28.5 Å². The molecule has 0 bridgehead atoms. The third-order valence-electron chi connectivity index (χ3n) is 4.56. The van der Waals surface area contributed by atoms with E-state index in [0.717, 1.165) is 16.5 Å². The summed E-state index contributed by atoms with van der Waals surface area (Å²) in [7, 11) is 0. The van der Waals surface area contributed by atoms with Crippen LogP contribution in [0.5, 0.6) is 0 Å². The second-order valence-corrected chi connectivity index (χ2v) is 6.52. The third kappa shape index (κ3) is 4.01. The molecule has 1 amide bonds. The molecule has 0 atom stereocenters. The van der Waals surface area contributed by atoms with E-state index in [0.29, 0.717) is 28.9 Å². The number of fused-ring (bicyclic) bond motifs is 1. The summed E-state index contributed by atoms with van der Waals surface area (Å²) in [6, 6.07) is 11.9. The highest BCUT2D eigenvalue weighted by molar-refractivity contribution is 6.00. The van der Waals surface area contributed by atoms with Crippen LogP contribution >= 0.6 is 0 Å². The summed E-state index contributed by atoms with van der Waals surface area (Å²) in [5, 5.41) is 3.38. The number of amides is 1. The second-order valence-electron chi connectivity index (χ2n) is 6.52. The fourth-order valence-corrected chi connectivity index (χ4v) is 3.04.